The SMILES string of the molecule is CC1CN(c2ccc(NC(=O)c3ccccn3)cn2)CC(C)O1. The van der Waals surface area contributed by atoms with Crippen molar-refractivity contribution in [3.8, 4) is 0 Å². The molecular weight excluding hydrogens is 292 g/mol. The van der Waals surface area contributed by atoms with Crippen molar-refractivity contribution in [2.45, 2.75) is 26.1 Å². The van der Waals surface area contributed by atoms with Gasteiger partial charge in [-0.1, -0.05) is 6.07 Å². The largest absolute Gasteiger partial charge is 0.372 e. The second kappa shape index (κ2) is 6.75. The lowest BCUT2D eigenvalue weighted by Gasteiger charge is -2.36. The normalized spacial score (nSPS) is 21.0. The molecule has 0 bridgehead atoms. The van der Waals surface area contributed by atoms with Crippen LogP contribution in [0.2, 0.25) is 0 Å². The zero-order chi connectivity index (χ0) is 16.2. The van der Waals surface area contributed by atoms with Crippen LogP contribution < -0.4 is 10.2 Å². The fourth-order valence-electron chi connectivity index (χ4n) is 2.70. The Morgan fingerprint density at radius 3 is 2.57 bits per heavy atom. The molecule has 1 fully saturated rings. The topological polar surface area (TPSA) is 67.4 Å². The smallest absolute Gasteiger partial charge is 0.274 e. The summed E-state index contributed by atoms with van der Waals surface area (Å²) in [6.07, 6.45) is 3.63. The van der Waals surface area contributed by atoms with Crippen LogP contribution in [0.15, 0.2) is 42.7 Å². The first-order chi connectivity index (χ1) is 11.1. The van der Waals surface area contributed by atoms with Gasteiger partial charge in [0.25, 0.3) is 5.91 Å². The zero-order valence-corrected chi connectivity index (χ0v) is 13.3. The molecule has 2 aromatic heterocycles. The Balaban J connectivity index is 1.66. The molecule has 23 heavy (non-hydrogen) atoms. The lowest BCUT2D eigenvalue weighted by Crippen LogP contribution is -2.45. The van der Waals surface area contributed by atoms with E-state index in [4.69, 9.17) is 4.74 Å². The Bertz CT molecular complexity index is 650. The number of amides is 1. The van der Waals surface area contributed by atoms with E-state index in [0.717, 1.165) is 18.9 Å². The molecule has 1 N–H and O–H groups in total. The summed E-state index contributed by atoms with van der Waals surface area (Å²) in [4.78, 5) is 22.7. The van der Waals surface area contributed by atoms with Gasteiger partial charge in [-0.15, -0.1) is 0 Å². The number of ether oxygens (including phenoxy) is 1. The van der Waals surface area contributed by atoms with Gasteiger partial charge < -0.3 is 15.0 Å². The van der Waals surface area contributed by atoms with Gasteiger partial charge in [0.05, 0.1) is 24.1 Å². The molecule has 120 valence electrons. The van der Waals surface area contributed by atoms with Crippen LogP contribution in [-0.4, -0.2) is 41.2 Å². The Labute approximate surface area is 135 Å². The van der Waals surface area contributed by atoms with E-state index in [2.05, 4.69) is 34.0 Å². The highest BCUT2D eigenvalue weighted by Crippen LogP contribution is 2.19. The van der Waals surface area contributed by atoms with Crippen LogP contribution in [-0.2, 0) is 4.74 Å². The summed E-state index contributed by atoms with van der Waals surface area (Å²) in [5, 5.41) is 2.80. The third kappa shape index (κ3) is 3.84. The molecule has 6 heteroatoms. The Kier molecular flexibility index (Phi) is 4.52. The third-order valence-electron chi connectivity index (χ3n) is 3.65. The Morgan fingerprint density at radius 1 is 1.17 bits per heavy atom. The van der Waals surface area contributed by atoms with Crippen LogP contribution in [0.1, 0.15) is 24.3 Å². The monoisotopic (exact) mass is 312 g/mol. The van der Waals surface area contributed by atoms with Crippen molar-refractivity contribution in [2.75, 3.05) is 23.3 Å². The summed E-state index contributed by atoms with van der Waals surface area (Å²) < 4.78 is 5.73. The maximum atomic E-state index is 12.1. The average Bonchev–Trinajstić information content (AvgIpc) is 2.55. The number of aromatic nitrogens is 2. The first kappa shape index (κ1) is 15.4. The lowest BCUT2D eigenvalue weighted by atomic mass is 10.2. The summed E-state index contributed by atoms with van der Waals surface area (Å²) in [6, 6.07) is 9.00. The number of nitrogens with one attached hydrogen (secondary N) is 1. The minimum absolute atomic E-state index is 0.184. The predicted molar refractivity (Wildman–Crippen MR) is 88.6 cm³/mol. The maximum absolute atomic E-state index is 12.1. The van der Waals surface area contributed by atoms with Crippen LogP contribution in [0.25, 0.3) is 0 Å². The molecule has 6 nitrogen and oxygen atoms in total. The highest BCUT2D eigenvalue weighted by atomic mass is 16.5. The number of nitrogens with zero attached hydrogens (tertiary/aromatic N) is 3. The van der Waals surface area contributed by atoms with Crippen LogP contribution in [0.3, 0.4) is 0 Å². The first-order valence-electron chi connectivity index (χ1n) is 7.70. The number of pyridine rings is 2. The molecule has 1 aliphatic heterocycles. The minimum atomic E-state index is -0.242. The van der Waals surface area contributed by atoms with Gasteiger partial charge in [-0.3, -0.25) is 9.78 Å². The molecule has 3 heterocycles. The molecule has 2 aromatic rings. The second-order valence-electron chi connectivity index (χ2n) is 5.74. The third-order valence-corrected chi connectivity index (χ3v) is 3.65. The molecule has 0 saturated carbocycles. The van der Waals surface area contributed by atoms with Crippen molar-refractivity contribution in [3.05, 3.63) is 48.4 Å². The van der Waals surface area contributed by atoms with E-state index in [-0.39, 0.29) is 18.1 Å². The van der Waals surface area contributed by atoms with Crippen LogP contribution >= 0.6 is 0 Å². The van der Waals surface area contributed by atoms with Crippen molar-refractivity contribution >= 4 is 17.4 Å². The molecule has 0 spiro atoms. The number of anilines is 2. The summed E-state index contributed by atoms with van der Waals surface area (Å²) in [6.45, 7) is 5.75. The number of morpholine rings is 1. The number of hydrogen-bond donors (Lipinski definition) is 1. The van der Waals surface area contributed by atoms with E-state index < -0.39 is 0 Å². The van der Waals surface area contributed by atoms with Crippen molar-refractivity contribution in [2.24, 2.45) is 0 Å². The molecule has 3 rings (SSSR count). The van der Waals surface area contributed by atoms with Gasteiger partial charge in [-0.25, -0.2) is 4.98 Å². The van der Waals surface area contributed by atoms with Gasteiger partial charge >= 0.3 is 0 Å². The number of carbonyl (C=O) groups excluding carboxylic acids is 1. The van der Waals surface area contributed by atoms with Crippen LogP contribution in [0, 0.1) is 0 Å². The van der Waals surface area contributed by atoms with Gasteiger partial charge in [0, 0.05) is 19.3 Å². The van der Waals surface area contributed by atoms with E-state index in [9.17, 15) is 4.79 Å². The Hall–Kier alpha value is -2.47. The fourth-order valence-corrected chi connectivity index (χ4v) is 2.70. The quantitative estimate of drug-likeness (QED) is 0.942. The van der Waals surface area contributed by atoms with Crippen molar-refractivity contribution in [1.82, 2.24) is 9.97 Å². The van der Waals surface area contributed by atoms with Gasteiger partial charge in [-0.2, -0.15) is 0 Å². The predicted octanol–water partition coefficient (Wildman–Crippen LogP) is 2.34. The molecule has 1 amide bonds. The molecule has 0 radical (unpaired) electrons. The van der Waals surface area contributed by atoms with Crippen LogP contribution in [0.5, 0.6) is 0 Å². The summed E-state index contributed by atoms with van der Waals surface area (Å²) in [5.41, 5.74) is 1.03. The van der Waals surface area contributed by atoms with E-state index in [0.29, 0.717) is 11.4 Å². The minimum Gasteiger partial charge on any atom is -0.372 e. The zero-order valence-electron chi connectivity index (χ0n) is 13.3. The fraction of sp³-hybridized carbons (Fsp3) is 0.353. The molecule has 2 atom stereocenters. The maximum Gasteiger partial charge on any atom is 0.274 e. The Morgan fingerprint density at radius 2 is 1.96 bits per heavy atom. The van der Waals surface area contributed by atoms with Gasteiger partial charge in [-0.05, 0) is 38.1 Å². The molecule has 0 aliphatic carbocycles. The number of rotatable bonds is 3. The first-order valence-corrected chi connectivity index (χ1v) is 7.70. The molecular formula is C17H20N4O2. The van der Waals surface area contributed by atoms with Crippen molar-refractivity contribution in [3.63, 3.8) is 0 Å². The molecule has 0 aromatic carbocycles. The highest BCUT2D eigenvalue weighted by molar-refractivity contribution is 6.02. The lowest BCUT2D eigenvalue weighted by molar-refractivity contribution is -0.00545. The summed E-state index contributed by atoms with van der Waals surface area (Å²) >= 11 is 0. The molecule has 2 unspecified atom stereocenters. The second-order valence-corrected chi connectivity index (χ2v) is 5.74. The van der Waals surface area contributed by atoms with Gasteiger partial charge in [0.1, 0.15) is 11.5 Å². The van der Waals surface area contributed by atoms with Crippen molar-refractivity contribution < 1.29 is 9.53 Å². The van der Waals surface area contributed by atoms with E-state index in [1.165, 1.54) is 0 Å². The number of carbonyl (C=O) groups is 1. The van der Waals surface area contributed by atoms with E-state index in [1.54, 1.807) is 30.6 Å². The van der Waals surface area contributed by atoms with Crippen molar-refractivity contribution in [1.29, 1.82) is 0 Å². The summed E-state index contributed by atoms with van der Waals surface area (Å²) in [7, 11) is 0. The molecule has 1 saturated heterocycles. The highest BCUT2D eigenvalue weighted by Gasteiger charge is 2.23. The van der Waals surface area contributed by atoms with Gasteiger partial charge in [0.15, 0.2) is 0 Å². The number of hydrogen-bond acceptors (Lipinski definition) is 5. The van der Waals surface area contributed by atoms with Gasteiger partial charge in [0.2, 0.25) is 0 Å². The van der Waals surface area contributed by atoms with Crippen LogP contribution in [0.4, 0.5) is 11.5 Å². The average molecular weight is 312 g/mol. The summed E-state index contributed by atoms with van der Waals surface area (Å²) in [5.74, 6) is 0.650. The van der Waals surface area contributed by atoms with E-state index >= 15 is 0 Å². The standard InChI is InChI=1S/C17H20N4O2/c1-12-10-21(11-13(2)23-12)16-7-6-14(9-19-16)20-17(22)15-5-3-4-8-18-15/h3-9,12-13H,10-11H2,1-2H3,(H,20,22). The van der Waals surface area contributed by atoms with E-state index in [1.807, 2.05) is 12.1 Å². The molecule has 1 aliphatic rings.